The Hall–Kier alpha value is -0.570. The fourth-order valence-electron chi connectivity index (χ4n) is 2.80. The first-order chi connectivity index (χ1) is 11.3. The molecular weight excluding hydrogens is 419 g/mol. The van der Waals surface area contributed by atoms with Crippen molar-refractivity contribution in [2.24, 2.45) is 10.9 Å². The molecule has 0 aromatic rings. The number of nitrogens with one attached hydrogen (secondary N) is 3. The number of ether oxygens (including phenoxy) is 1. The van der Waals surface area contributed by atoms with Crippen LogP contribution in [-0.2, 0) is 9.53 Å². The summed E-state index contributed by atoms with van der Waals surface area (Å²) in [6.07, 6.45) is 8.87. The molecule has 0 aromatic heterocycles. The van der Waals surface area contributed by atoms with Crippen molar-refractivity contribution >= 4 is 35.8 Å². The van der Waals surface area contributed by atoms with Gasteiger partial charge in [-0.2, -0.15) is 0 Å². The van der Waals surface area contributed by atoms with Gasteiger partial charge < -0.3 is 20.7 Å². The standard InChI is InChI=1S/C17H32N4O2.HI/c1-18-17(19-10-4-12-23-13-14-7-8-14)20-11-9-16(22)21-15-5-2-3-6-15;/h14-15H,2-13H2,1H3,(H,21,22)(H2,18,19,20);1H. The lowest BCUT2D eigenvalue weighted by Crippen LogP contribution is -2.40. The van der Waals surface area contributed by atoms with Crippen LogP contribution in [0.15, 0.2) is 4.99 Å². The predicted molar refractivity (Wildman–Crippen MR) is 108 cm³/mol. The number of aliphatic imine (C=N–C) groups is 1. The van der Waals surface area contributed by atoms with Gasteiger partial charge in [0.1, 0.15) is 0 Å². The van der Waals surface area contributed by atoms with Gasteiger partial charge in [-0.15, -0.1) is 24.0 Å². The van der Waals surface area contributed by atoms with E-state index >= 15 is 0 Å². The summed E-state index contributed by atoms with van der Waals surface area (Å²) in [6.45, 7) is 3.16. The zero-order chi connectivity index (χ0) is 16.3. The molecule has 1 amide bonds. The van der Waals surface area contributed by atoms with Gasteiger partial charge in [0.15, 0.2) is 5.96 Å². The Morgan fingerprint density at radius 1 is 1.12 bits per heavy atom. The highest BCUT2D eigenvalue weighted by Gasteiger charge is 2.20. The molecule has 0 unspecified atom stereocenters. The van der Waals surface area contributed by atoms with Crippen LogP contribution in [0.4, 0.5) is 0 Å². The van der Waals surface area contributed by atoms with E-state index in [1.807, 2.05) is 0 Å². The summed E-state index contributed by atoms with van der Waals surface area (Å²) in [5.41, 5.74) is 0. The normalized spacial score (nSPS) is 18.1. The summed E-state index contributed by atoms with van der Waals surface area (Å²) in [7, 11) is 1.75. The zero-order valence-electron chi connectivity index (χ0n) is 14.8. The highest BCUT2D eigenvalue weighted by Crippen LogP contribution is 2.28. The second-order valence-electron chi connectivity index (χ2n) is 6.60. The summed E-state index contributed by atoms with van der Waals surface area (Å²) in [5.74, 6) is 1.71. The van der Waals surface area contributed by atoms with E-state index in [1.165, 1.54) is 25.7 Å². The molecule has 0 bridgehead atoms. The quantitative estimate of drug-likeness (QED) is 0.205. The second kappa shape index (κ2) is 12.7. The summed E-state index contributed by atoms with van der Waals surface area (Å²) in [5, 5.41) is 9.52. The van der Waals surface area contributed by atoms with Crippen molar-refractivity contribution < 1.29 is 9.53 Å². The van der Waals surface area contributed by atoms with Crippen LogP contribution in [0, 0.1) is 5.92 Å². The Labute approximate surface area is 163 Å². The second-order valence-corrected chi connectivity index (χ2v) is 6.60. The molecule has 3 N–H and O–H groups in total. The Morgan fingerprint density at radius 3 is 2.50 bits per heavy atom. The Bertz CT molecular complexity index is 383. The van der Waals surface area contributed by atoms with Gasteiger partial charge >= 0.3 is 0 Å². The molecule has 0 saturated heterocycles. The van der Waals surface area contributed by atoms with Crippen molar-refractivity contribution in [3.8, 4) is 0 Å². The van der Waals surface area contributed by atoms with E-state index in [4.69, 9.17) is 4.74 Å². The molecule has 2 aliphatic carbocycles. The molecule has 0 radical (unpaired) electrons. The third kappa shape index (κ3) is 9.66. The minimum atomic E-state index is 0. The molecule has 2 saturated carbocycles. The third-order valence-electron chi connectivity index (χ3n) is 4.40. The van der Waals surface area contributed by atoms with Gasteiger partial charge in [0.05, 0.1) is 0 Å². The zero-order valence-corrected chi connectivity index (χ0v) is 17.1. The van der Waals surface area contributed by atoms with Gasteiger partial charge in [0.2, 0.25) is 5.91 Å². The van der Waals surface area contributed by atoms with Gasteiger partial charge in [-0.3, -0.25) is 9.79 Å². The molecule has 24 heavy (non-hydrogen) atoms. The lowest BCUT2D eigenvalue weighted by molar-refractivity contribution is -0.121. The van der Waals surface area contributed by atoms with Crippen LogP contribution in [0.1, 0.15) is 51.4 Å². The van der Waals surface area contributed by atoms with E-state index in [-0.39, 0.29) is 29.9 Å². The van der Waals surface area contributed by atoms with Crippen molar-refractivity contribution in [3.63, 3.8) is 0 Å². The van der Waals surface area contributed by atoms with Crippen molar-refractivity contribution in [2.45, 2.75) is 57.4 Å². The maximum atomic E-state index is 11.8. The highest BCUT2D eigenvalue weighted by atomic mass is 127. The van der Waals surface area contributed by atoms with Gasteiger partial charge in [-0.05, 0) is 38.0 Å². The number of hydrogen-bond donors (Lipinski definition) is 3. The maximum Gasteiger partial charge on any atom is 0.221 e. The average Bonchev–Trinajstić information content (AvgIpc) is 3.24. The largest absolute Gasteiger partial charge is 0.381 e. The van der Waals surface area contributed by atoms with Crippen LogP contribution in [0.3, 0.4) is 0 Å². The highest BCUT2D eigenvalue weighted by molar-refractivity contribution is 14.0. The molecule has 6 nitrogen and oxygen atoms in total. The molecular formula is C17H33IN4O2. The van der Waals surface area contributed by atoms with Crippen molar-refractivity contribution in [1.29, 1.82) is 0 Å². The van der Waals surface area contributed by atoms with E-state index in [2.05, 4.69) is 20.9 Å². The van der Waals surface area contributed by atoms with Crippen LogP contribution in [0.2, 0.25) is 0 Å². The van der Waals surface area contributed by atoms with Gasteiger partial charge in [0, 0.05) is 45.8 Å². The van der Waals surface area contributed by atoms with Crippen molar-refractivity contribution in [1.82, 2.24) is 16.0 Å². The summed E-state index contributed by atoms with van der Waals surface area (Å²) < 4.78 is 5.60. The fraction of sp³-hybridized carbons (Fsp3) is 0.882. The van der Waals surface area contributed by atoms with Crippen LogP contribution >= 0.6 is 24.0 Å². The number of carbonyl (C=O) groups is 1. The topological polar surface area (TPSA) is 74.8 Å². The third-order valence-corrected chi connectivity index (χ3v) is 4.40. The SMILES string of the molecule is CN=C(NCCCOCC1CC1)NCCC(=O)NC1CCCC1.I. The molecule has 140 valence electrons. The Balaban J connectivity index is 0.00000288. The maximum absolute atomic E-state index is 11.8. The number of amides is 1. The molecule has 0 aromatic carbocycles. The lowest BCUT2D eigenvalue weighted by atomic mass is 10.2. The molecule has 0 heterocycles. The number of guanidine groups is 1. The van der Waals surface area contributed by atoms with Gasteiger partial charge in [-0.1, -0.05) is 12.8 Å². The minimum absolute atomic E-state index is 0. The molecule has 2 rings (SSSR count). The van der Waals surface area contributed by atoms with E-state index in [9.17, 15) is 4.79 Å². The van der Waals surface area contributed by atoms with Crippen molar-refractivity contribution in [3.05, 3.63) is 0 Å². The van der Waals surface area contributed by atoms with Crippen LogP contribution in [-0.4, -0.2) is 51.3 Å². The number of carbonyl (C=O) groups excluding carboxylic acids is 1. The van der Waals surface area contributed by atoms with Crippen molar-refractivity contribution in [2.75, 3.05) is 33.4 Å². The Morgan fingerprint density at radius 2 is 1.83 bits per heavy atom. The van der Waals surface area contributed by atoms with E-state index in [0.29, 0.717) is 19.0 Å². The molecule has 2 aliphatic rings. The average molecular weight is 452 g/mol. The number of nitrogens with zero attached hydrogens (tertiary/aromatic N) is 1. The van der Waals surface area contributed by atoms with E-state index in [1.54, 1.807) is 7.05 Å². The number of halogens is 1. The summed E-state index contributed by atoms with van der Waals surface area (Å²) in [6, 6.07) is 0.399. The molecule has 0 aliphatic heterocycles. The summed E-state index contributed by atoms with van der Waals surface area (Å²) in [4.78, 5) is 16.0. The van der Waals surface area contributed by atoms with E-state index in [0.717, 1.165) is 50.9 Å². The first kappa shape index (κ1) is 21.5. The lowest BCUT2D eigenvalue weighted by Gasteiger charge is -2.14. The molecule has 7 heteroatoms. The Kier molecular flexibility index (Phi) is 11.4. The van der Waals surface area contributed by atoms with E-state index < -0.39 is 0 Å². The summed E-state index contributed by atoms with van der Waals surface area (Å²) >= 11 is 0. The minimum Gasteiger partial charge on any atom is -0.381 e. The molecule has 2 fully saturated rings. The van der Waals surface area contributed by atoms with Crippen LogP contribution in [0.5, 0.6) is 0 Å². The smallest absolute Gasteiger partial charge is 0.221 e. The first-order valence-electron chi connectivity index (χ1n) is 9.09. The first-order valence-corrected chi connectivity index (χ1v) is 9.09. The fourth-order valence-corrected chi connectivity index (χ4v) is 2.80. The monoisotopic (exact) mass is 452 g/mol. The van der Waals surface area contributed by atoms with Gasteiger partial charge in [0.25, 0.3) is 0 Å². The van der Waals surface area contributed by atoms with Crippen LogP contribution in [0.25, 0.3) is 0 Å². The number of hydrogen-bond acceptors (Lipinski definition) is 3. The number of rotatable bonds is 10. The molecule has 0 atom stereocenters. The van der Waals surface area contributed by atoms with Crippen LogP contribution < -0.4 is 16.0 Å². The predicted octanol–water partition coefficient (Wildman–Crippen LogP) is 2.03. The molecule has 0 spiro atoms. The van der Waals surface area contributed by atoms with Gasteiger partial charge in [-0.25, -0.2) is 0 Å².